The molecule has 0 amide bonds. The first-order valence-electron chi connectivity index (χ1n) is 10.2. The molecular formula is C27H38. The molecule has 0 saturated heterocycles. The normalized spacial score (nSPS) is 12.0. The molecule has 0 N–H and O–H groups in total. The molecule has 3 rings (SSSR count). The van der Waals surface area contributed by atoms with Crippen molar-refractivity contribution < 1.29 is 0 Å². The average Bonchev–Trinajstić information content (AvgIpc) is 2.57. The fourth-order valence-corrected chi connectivity index (χ4v) is 4.35. The van der Waals surface area contributed by atoms with Gasteiger partial charge in [-0.25, -0.2) is 0 Å². The van der Waals surface area contributed by atoms with Gasteiger partial charge in [-0.05, 0) is 79.6 Å². The van der Waals surface area contributed by atoms with Gasteiger partial charge in [0.25, 0.3) is 0 Å². The van der Waals surface area contributed by atoms with E-state index in [1.807, 2.05) is 0 Å². The summed E-state index contributed by atoms with van der Waals surface area (Å²) in [5.41, 5.74) is 6.01. The van der Waals surface area contributed by atoms with Gasteiger partial charge in [0, 0.05) is 0 Å². The maximum atomic E-state index is 2.45. The van der Waals surface area contributed by atoms with Crippen LogP contribution in [-0.4, -0.2) is 0 Å². The molecule has 0 radical (unpaired) electrons. The third kappa shape index (κ3) is 3.91. The summed E-state index contributed by atoms with van der Waals surface area (Å²) in [7, 11) is 0. The second-order valence-corrected chi connectivity index (χ2v) is 9.09. The quantitative estimate of drug-likeness (QED) is 0.406. The topological polar surface area (TPSA) is 0 Å². The van der Waals surface area contributed by atoms with Gasteiger partial charge in [0.05, 0.1) is 0 Å². The van der Waals surface area contributed by atoms with Crippen LogP contribution >= 0.6 is 0 Å². The predicted molar refractivity (Wildman–Crippen MR) is 125 cm³/mol. The maximum Gasteiger partial charge on any atom is -0.0140 e. The molecule has 0 saturated carbocycles. The van der Waals surface area contributed by atoms with Crippen LogP contribution in [0, 0.1) is 0 Å². The van der Waals surface area contributed by atoms with Crippen LogP contribution in [0.15, 0.2) is 36.4 Å². The minimum atomic E-state index is 0. The summed E-state index contributed by atoms with van der Waals surface area (Å²) in [6.07, 6.45) is 0. The molecule has 0 aliphatic carbocycles. The smallest absolute Gasteiger partial charge is 0.0140 e. The molecule has 0 heterocycles. The third-order valence-corrected chi connectivity index (χ3v) is 5.70. The molecular weight excluding hydrogens is 324 g/mol. The minimum Gasteiger partial charge on any atom is -0.0776 e. The van der Waals surface area contributed by atoms with Gasteiger partial charge in [0.2, 0.25) is 0 Å². The van der Waals surface area contributed by atoms with Crippen LogP contribution in [0.2, 0.25) is 0 Å². The Labute approximate surface area is 167 Å². The Morgan fingerprint density at radius 2 is 0.963 bits per heavy atom. The number of fused-ring (bicyclic) bond motifs is 2. The number of benzene rings is 3. The average molecular weight is 363 g/mol. The van der Waals surface area contributed by atoms with Gasteiger partial charge in [-0.15, -0.1) is 0 Å². The van der Waals surface area contributed by atoms with Crippen molar-refractivity contribution in [3.8, 4) is 0 Å². The van der Waals surface area contributed by atoms with E-state index in [-0.39, 0.29) is 7.43 Å². The first kappa shape index (κ1) is 21.5. The summed E-state index contributed by atoms with van der Waals surface area (Å²) < 4.78 is 0. The molecule has 0 atom stereocenters. The number of rotatable bonds is 4. The van der Waals surface area contributed by atoms with Crippen LogP contribution in [0.4, 0.5) is 0 Å². The summed E-state index contributed by atoms with van der Waals surface area (Å²) in [6, 6.07) is 14.4. The molecule has 0 aromatic heterocycles. The summed E-state index contributed by atoms with van der Waals surface area (Å²) in [4.78, 5) is 0. The first-order chi connectivity index (χ1) is 12.2. The number of hydrogen-bond donors (Lipinski definition) is 0. The molecule has 0 aliphatic heterocycles. The Hall–Kier alpha value is -1.82. The van der Waals surface area contributed by atoms with E-state index < -0.39 is 0 Å². The Morgan fingerprint density at radius 1 is 0.481 bits per heavy atom. The largest absolute Gasteiger partial charge is 0.0776 e. The van der Waals surface area contributed by atoms with Crippen molar-refractivity contribution >= 4 is 21.5 Å². The second kappa shape index (κ2) is 8.05. The molecule has 0 bridgehead atoms. The van der Waals surface area contributed by atoms with Crippen LogP contribution in [-0.2, 0) is 0 Å². The molecule has 146 valence electrons. The summed E-state index contributed by atoms with van der Waals surface area (Å²) in [6.45, 7) is 18.5. The maximum absolute atomic E-state index is 2.45. The molecule has 0 spiro atoms. The van der Waals surface area contributed by atoms with E-state index in [2.05, 4.69) is 91.8 Å². The van der Waals surface area contributed by atoms with Gasteiger partial charge in [0.1, 0.15) is 0 Å². The summed E-state index contributed by atoms with van der Waals surface area (Å²) >= 11 is 0. The lowest BCUT2D eigenvalue weighted by molar-refractivity contribution is 0.793. The van der Waals surface area contributed by atoms with Gasteiger partial charge >= 0.3 is 0 Å². The predicted octanol–water partition coefficient (Wildman–Crippen LogP) is 9.12. The van der Waals surface area contributed by atoms with E-state index in [1.54, 1.807) is 0 Å². The molecule has 0 nitrogen and oxygen atoms in total. The molecule has 0 aliphatic rings. The van der Waals surface area contributed by atoms with E-state index in [1.165, 1.54) is 43.8 Å². The first-order valence-corrected chi connectivity index (χ1v) is 10.2. The monoisotopic (exact) mass is 362 g/mol. The highest BCUT2D eigenvalue weighted by Gasteiger charge is 2.16. The van der Waals surface area contributed by atoms with Crippen molar-refractivity contribution in [1.82, 2.24) is 0 Å². The fraction of sp³-hybridized carbons (Fsp3) is 0.481. The summed E-state index contributed by atoms with van der Waals surface area (Å²) in [5.74, 6) is 2.20. The van der Waals surface area contributed by atoms with E-state index in [0.29, 0.717) is 23.7 Å². The molecule has 0 fully saturated rings. The zero-order chi connectivity index (χ0) is 19.2. The lowest BCUT2D eigenvalue weighted by Crippen LogP contribution is -2.01. The molecule has 27 heavy (non-hydrogen) atoms. The van der Waals surface area contributed by atoms with Crippen LogP contribution in [0.3, 0.4) is 0 Å². The highest BCUT2D eigenvalue weighted by Crippen LogP contribution is 2.37. The van der Waals surface area contributed by atoms with Crippen molar-refractivity contribution in [1.29, 1.82) is 0 Å². The lowest BCUT2D eigenvalue weighted by atomic mass is 9.84. The molecule has 0 unspecified atom stereocenters. The third-order valence-electron chi connectivity index (χ3n) is 5.70. The van der Waals surface area contributed by atoms with E-state index >= 15 is 0 Å². The van der Waals surface area contributed by atoms with Crippen molar-refractivity contribution in [2.45, 2.75) is 86.5 Å². The Bertz CT molecular complexity index is 933. The van der Waals surface area contributed by atoms with Crippen molar-refractivity contribution in [3.05, 3.63) is 58.7 Å². The fourth-order valence-electron chi connectivity index (χ4n) is 4.35. The van der Waals surface area contributed by atoms with Gasteiger partial charge in [-0.3, -0.25) is 0 Å². The highest BCUT2D eigenvalue weighted by atomic mass is 14.2. The van der Waals surface area contributed by atoms with E-state index in [4.69, 9.17) is 0 Å². The number of hydrogen-bond acceptors (Lipinski definition) is 0. The Kier molecular flexibility index (Phi) is 6.40. The van der Waals surface area contributed by atoms with E-state index in [9.17, 15) is 0 Å². The summed E-state index contributed by atoms with van der Waals surface area (Å²) in [5, 5.41) is 5.56. The zero-order valence-electron chi connectivity index (χ0n) is 17.8. The van der Waals surface area contributed by atoms with Crippen LogP contribution < -0.4 is 0 Å². The Morgan fingerprint density at radius 3 is 1.41 bits per heavy atom. The van der Waals surface area contributed by atoms with Gasteiger partial charge in [-0.2, -0.15) is 0 Å². The molecule has 3 aromatic rings. The van der Waals surface area contributed by atoms with Gasteiger partial charge in [-0.1, -0.05) is 87.1 Å². The molecule has 3 aromatic carbocycles. The minimum absolute atomic E-state index is 0. The van der Waals surface area contributed by atoms with Crippen LogP contribution in [0.25, 0.3) is 21.5 Å². The van der Waals surface area contributed by atoms with Crippen molar-refractivity contribution in [2.75, 3.05) is 0 Å². The van der Waals surface area contributed by atoms with Crippen molar-refractivity contribution in [2.24, 2.45) is 0 Å². The highest BCUT2D eigenvalue weighted by molar-refractivity contribution is 6.01. The van der Waals surface area contributed by atoms with Crippen molar-refractivity contribution in [3.63, 3.8) is 0 Å². The van der Waals surface area contributed by atoms with Crippen LogP contribution in [0.5, 0.6) is 0 Å². The molecule has 0 heteroatoms. The Balaban J connectivity index is 0.00000261. The van der Waals surface area contributed by atoms with Gasteiger partial charge in [0.15, 0.2) is 0 Å². The second-order valence-electron chi connectivity index (χ2n) is 9.09. The van der Waals surface area contributed by atoms with Gasteiger partial charge < -0.3 is 0 Å². The van der Waals surface area contributed by atoms with E-state index in [0.717, 1.165) is 0 Å². The standard InChI is InChI=1S/C26H34.CH4/c1-15(2)22-10-9-19-11-20-12-23(16(3)4)24(17(5)6)13-21(20)14-25(19)26(22)18(7)8;/h9-18H,1-8H3;1H4. The lowest BCUT2D eigenvalue weighted by Gasteiger charge is -2.21. The van der Waals surface area contributed by atoms with Crippen LogP contribution in [0.1, 0.15) is 109 Å². The zero-order valence-corrected chi connectivity index (χ0v) is 17.8. The SMILES string of the molecule is C.CC(C)c1cc2cc3ccc(C(C)C)c(C(C)C)c3cc2cc1C(C)C.